The first kappa shape index (κ1) is 23.6. The van der Waals surface area contributed by atoms with Crippen LogP contribution in [0.5, 0.6) is 0 Å². The van der Waals surface area contributed by atoms with Crippen LogP contribution in [0, 0.1) is 44.8 Å². The number of aliphatic hydroxyl groups excluding tert-OH is 2. The molecule has 0 unspecified atom stereocenters. The molecule has 0 aliphatic heterocycles. The van der Waals surface area contributed by atoms with Crippen LogP contribution in [0.3, 0.4) is 0 Å². The topological polar surface area (TPSA) is 77.8 Å². The molecule has 0 saturated heterocycles. The number of aliphatic carboxylic acids is 1. The first-order chi connectivity index (χ1) is 15.2. The summed E-state index contributed by atoms with van der Waals surface area (Å²) in [4.78, 5) is 12.7. The summed E-state index contributed by atoms with van der Waals surface area (Å²) in [6.07, 6.45) is 8.96. The van der Waals surface area contributed by atoms with E-state index in [-0.39, 0.29) is 33.5 Å². The van der Waals surface area contributed by atoms with E-state index >= 15 is 0 Å². The van der Waals surface area contributed by atoms with E-state index in [9.17, 15) is 20.1 Å². The van der Waals surface area contributed by atoms with Crippen LogP contribution in [0.15, 0.2) is 23.8 Å². The number of rotatable bonds is 1. The van der Waals surface area contributed by atoms with E-state index in [1.165, 1.54) is 5.57 Å². The van der Waals surface area contributed by atoms with E-state index in [4.69, 9.17) is 0 Å². The second-order valence-corrected chi connectivity index (χ2v) is 14.0. The summed E-state index contributed by atoms with van der Waals surface area (Å²) in [7, 11) is 0. The lowest BCUT2D eigenvalue weighted by molar-refractivity contribution is -0.180. The van der Waals surface area contributed by atoms with Crippen LogP contribution in [0.25, 0.3) is 0 Å². The SMILES string of the molecule is C=C1[C@@H](O)[C@@H](O)C[C@]2(C)[C@@H]1CC[C@@]1(C)[C@H]2CC=C2[C@H]3CC(C)(C)CC[C@@]3(C(=O)O)CC[C@@]21C. The number of aliphatic hydroxyl groups is 2. The Morgan fingerprint density at radius 3 is 2.30 bits per heavy atom. The third kappa shape index (κ3) is 2.86. The van der Waals surface area contributed by atoms with Crippen molar-refractivity contribution in [2.24, 2.45) is 44.8 Å². The normalized spacial score (nSPS) is 53.1. The van der Waals surface area contributed by atoms with Gasteiger partial charge in [0.05, 0.1) is 11.5 Å². The molecular weight excluding hydrogens is 412 g/mol. The second-order valence-electron chi connectivity index (χ2n) is 14.0. The van der Waals surface area contributed by atoms with Crippen LogP contribution < -0.4 is 0 Å². The first-order valence-electron chi connectivity index (χ1n) is 13.2. The first-order valence-corrected chi connectivity index (χ1v) is 13.2. The smallest absolute Gasteiger partial charge is 0.310 e. The highest BCUT2D eigenvalue weighted by Crippen LogP contribution is 2.74. The molecule has 0 amide bonds. The molecule has 0 radical (unpaired) electrons. The van der Waals surface area contributed by atoms with Gasteiger partial charge >= 0.3 is 5.97 Å². The molecule has 0 heterocycles. The Labute approximate surface area is 199 Å². The lowest BCUT2D eigenvalue weighted by Gasteiger charge is -2.69. The van der Waals surface area contributed by atoms with Gasteiger partial charge < -0.3 is 15.3 Å². The Hall–Kier alpha value is -1.13. The van der Waals surface area contributed by atoms with Crippen LogP contribution in [0.1, 0.15) is 92.4 Å². The standard InChI is InChI=1S/C29H44O4/c1-17-18-9-10-28(6)22(26(18,4)16-21(30)23(17)31)8-7-19-20-15-25(2,3)11-13-29(20,24(32)33)14-12-27(19,28)5/h7,18,20-23,30-31H,1,8-16H2,2-6H3,(H,32,33)/t18-,20-,21+,22+,23-,26-,27+,28+,29-/m1/s1. The van der Waals surface area contributed by atoms with E-state index in [0.29, 0.717) is 12.3 Å². The molecule has 4 saturated carbocycles. The van der Waals surface area contributed by atoms with E-state index in [1.807, 2.05) is 0 Å². The lowest BCUT2D eigenvalue weighted by atomic mass is 9.34. The number of hydrogen-bond donors (Lipinski definition) is 3. The molecule has 184 valence electrons. The molecule has 5 rings (SSSR count). The largest absolute Gasteiger partial charge is 0.481 e. The quantitative estimate of drug-likeness (QED) is 0.440. The van der Waals surface area contributed by atoms with Gasteiger partial charge in [0.2, 0.25) is 0 Å². The van der Waals surface area contributed by atoms with Crippen molar-refractivity contribution in [3.8, 4) is 0 Å². The van der Waals surface area contributed by atoms with Crippen molar-refractivity contribution >= 4 is 5.97 Å². The number of allylic oxidation sites excluding steroid dienone is 2. The van der Waals surface area contributed by atoms with E-state index in [0.717, 1.165) is 56.9 Å². The Bertz CT molecular complexity index is 919. The Morgan fingerprint density at radius 2 is 1.64 bits per heavy atom. The number of carboxylic acids is 1. The predicted molar refractivity (Wildman–Crippen MR) is 129 cm³/mol. The van der Waals surface area contributed by atoms with E-state index < -0.39 is 23.6 Å². The van der Waals surface area contributed by atoms with Gasteiger partial charge in [-0.15, -0.1) is 0 Å². The maximum atomic E-state index is 12.7. The van der Waals surface area contributed by atoms with E-state index in [1.54, 1.807) is 0 Å². The van der Waals surface area contributed by atoms with Crippen molar-refractivity contribution in [3.63, 3.8) is 0 Å². The number of carbonyl (C=O) groups is 1. The fourth-order valence-electron chi connectivity index (χ4n) is 9.90. The van der Waals surface area contributed by atoms with Crippen LogP contribution in [0.4, 0.5) is 0 Å². The summed E-state index contributed by atoms with van der Waals surface area (Å²) >= 11 is 0. The fourth-order valence-corrected chi connectivity index (χ4v) is 9.90. The number of hydrogen-bond acceptors (Lipinski definition) is 3. The van der Waals surface area contributed by atoms with Crippen LogP contribution in [-0.2, 0) is 4.79 Å². The molecule has 0 aromatic rings. The lowest BCUT2D eigenvalue weighted by Crippen LogP contribution is -2.64. The summed E-state index contributed by atoms with van der Waals surface area (Å²) in [5.74, 6) is 0.164. The number of carboxylic acid groups (broad SMARTS) is 1. The molecule has 3 N–H and O–H groups in total. The van der Waals surface area contributed by atoms with Gasteiger partial charge in [-0.3, -0.25) is 4.79 Å². The summed E-state index contributed by atoms with van der Waals surface area (Å²) in [6.45, 7) is 16.1. The Balaban J connectivity index is 1.60. The van der Waals surface area contributed by atoms with Crippen molar-refractivity contribution < 1.29 is 20.1 Å². The maximum Gasteiger partial charge on any atom is 0.310 e. The average Bonchev–Trinajstić information content (AvgIpc) is 2.72. The molecule has 4 heteroatoms. The monoisotopic (exact) mass is 456 g/mol. The highest BCUT2D eigenvalue weighted by atomic mass is 16.4. The van der Waals surface area contributed by atoms with Gasteiger partial charge in [-0.05, 0) is 103 Å². The predicted octanol–water partition coefficient (Wildman–Crippen LogP) is 5.73. The molecule has 0 spiro atoms. The van der Waals surface area contributed by atoms with Crippen molar-refractivity contribution in [3.05, 3.63) is 23.8 Å². The van der Waals surface area contributed by atoms with Crippen molar-refractivity contribution in [1.82, 2.24) is 0 Å². The molecule has 5 aliphatic carbocycles. The van der Waals surface area contributed by atoms with Crippen LogP contribution in [0.2, 0.25) is 0 Å². The maximum absolute atomic E-state index is 12.7. The van der Waals surface area contributed by atoms with Gasteiger partial charge in [-0.1, -0.05) is 52.8 Å². The van der Waals surface area contributed by atoms with Gasteiger partial charge in [0.1, 0.15) is 6.10 Å². The van der Waals surface area contributed by atoms with Gasteiger partial charge in [0.25, 0.3) is 0 Å². The summed E-state index contributed by atoms with van der Waals surface area (Å²) in [5.41, 5.74) is 1.75. The van der Waals surface area contributed by atoms with E-state index in [2.05, 4.69) is 47.3 Å². The summed E-state index contributed by atoms with van der Waals surface area (Å²) in [6, 6.07) is 0. The Kier molecular flexibility index (Phi) is 4.98. The molecule has 5 aliphatic rings. The van der Waals surface area contributed by atoms with Crippen molar-refractivity contribution in [2.45, 2.75) is 105 Å². The molecule has 4 fully saturated rings. The van der Waals surface area contributed by atoms with Crippen molar-refractivity contribution in [1.29, 1.82) is 0 Å². The van der Waals surface area contributed by atoms with Crippen LogP contribution in [-0.4, -0.2) is 33.5 Å². The molecular formula is C29H44O4. The van der Waals surface area contributed by atoms with Gasteiger partial charge in [-0.25, -0.2) is 0 Å². The summed E-state index contributed by atoms with van der Waals surface area (Å²) in [5, 5.41) is 31.7. The number of fused-ring (bicyclic) bond motifs is 7. The summed E-state index contributed by atoms with van der Waals surface area (Å²) < 4.78 is 0. The zero-order valence-corrected chi connectivity index (χ0v) is 21.3. The molecule has 33 heavy (non-hydrogen) atoms. The van der Waals surface area contributed by atoms with Gasteiger partial charge in [0.15, 0.2) is 0 Å². The van der Waals surface area contributed by atoms with Crippen molar-refractivity contribution in [2.75, 3.05) is 0 Å². The average molecular weight is 457 g/mol. The fraction of sp³-hybridized carbons (Fsp3) is 0.828. The molecule has 0 aromatic carbocycles. The van der Waals surface area contributed by atoms with Crippen LogP contribution >= 0.6 is 0 Å². The minimum Gasteiger partial charge on any atom is -0.481 e. The molecule has 4 nitrogen and oxygen atoms in total. The third-order valence-electron chi connectivity index (χ3n) is 12.2. The minimum atomic E-state index is -0.812. The zero-order valence-electron chi connectivity index (χ0n) is 21.3. The van der Waals surface area contributed by atoms with Gasteiger partial charge in [-0.2, -0.15) is 0 Å². The third-order valence-corrected chi connectivity index (χ3v) is 12.2. The highest BCUT2D eigenvalue weighted by Gasteiger charge is 2.68. The highest BCUT2D eigenvalue weighted by molar-refractivity contribution is 5.76. The van der Waals surface area contributed by atoms with Gasteiger partial charge in [0, 0.05) is 0 Å². The minimum absolute atomic E-state index is 0.0245. The molecule has 0 bridgehead atoms. The molecule has 9 atom stereocenters. The zero-order chi connectivity index (χ0) is 24.2. The molecule has 0 aromatic heterocycles. The Morgan fingerprint density at radius 1 is 0.970 bits per heavy atom. The second kappa shape index (κ2) is 6.97.